The largest absolute Gasteiger partial charge is 0.480 e. The molecule has 5 nitrogen and oxygen atoms in total. The lowest BCUT2D eigenvalue weighted by atomic mass is 10.0. The predicted molar refractivity (Wildman–Crippen MR) is 52.7 cm³/mol. The molecule has 0 bridgehead atoms. The molecule has 0 aromatic carbocycles. The molecule has 0 unspecified atom stereocenters. The monoisotopic (exact) mass is 202 g/mol. The van der Waals surface area contributed by atoms with E-state index in [1.807, 2.05) is 0 Å². The van der Waals surface area contributed by atoms with Crippen LogP contribution < -0.4 is 11.1 Å². The molecule has 4 N–H and O–H groups in total. The van der Waals surface area contributed by atoms with Crippen LogP contribution in [0.1, 0.15) is 27.2 Å². The van der Waals surface area contributed by atoms with Gasteiger partial charge in [0.05, 0.1) is 6.04 Å². The van der Waals surface area contributed by atoms with Crippen molar-refractivity contribution in [1.82, 2.24) is 5.32 Å². The average molecular weight is 202 g/mol. The number of carbonyl (C=O) groups is 2. The molecular formula is C9H18N2O3. The summed E-state index contributed by atoms with van der Waals surface area (Å²) < 4.78 is 0. The summed E-state index contributed by atoms with van der Waals surface area (Å²) in [6.07, 6.45) is 0.496. The van der Waals surface area contributed by atoms with Gasteiger partial charge < -0.3 is 16.2 Å². The van der Waals surface area contributed by atoms with Crippen LogP contribution in [0.3, 0.4) is 0 Å². The Morgan fingerprint density at radius 3 is 2.21 bits per heavy atom. The molecular weight excluding hydrogens is 184 g/mol. The minimum absolute atomic E-state index is 0.152. The van der Waals surface area contributed by atoms with Crippen LogP contribution in [0.25, 0.3) is 0 Å². The Hall–Kier alpha value is -1.10. The Labute approximate surface area is 83.7 Å². The fourth-order valence-corrected chi connectivity index (χ4v) is 0.959. The van der Waals surface area contributed by atoms with Crippen LogP contribution in [0.15, 0.2) is 0 Å². The summed E-state index contributed by atoms with van der Waals surface area (Å²) in [5.74, 6) is -1.59. The fraction of sp³-hybridized carbons (Fsp3) is 0.778. The molecule has 0 aliphatic rings. The second-order valence-corrected chi connectivity index (χ2v) is 3.58. The molecule has 0 heterocycles. The predicted octanol–water partition coefficient (Wildman–Crippen LogP) is -0.0509. The number of nitrogens with one attached hydrogen (secondary N) is 1. The van der Waals surface area contributed by atoms with Gasteiger partial charge in [-0.15, -0.1) is 0 Å². The molecule has 0 aromatic rings. The normalized spacial score (nSPS) is 14.9. The Morgan fingerprint density at radius 1 is 1.43 bits per heavy atom. The third-order valence-electron chi connectivity index (χ3n) is 2.01. The first-order chi connectivity index (χ1) is 6.40. The quantitative estimate of drug-likeness (QED) is 0.582. The van der Waals surface area contributed by atoms with E-state index in [4.69, 9.17) is 10.8 Å². The molecule has 0 saturated heterocycles. The number of rotatable bonds is 5. The fourth-order valence-electron chi connectivity index (χ4n) is 0.959. The number of amides is 1. The summed E-state index contributed by atoms with van der Waals surface area (Å²) in [5, 5.41) is 11.2. The summed E-state index contributed by atoms with van der Waals surface area (Å²) in [4.78, 5) is 22.0. The van der Waals surface area contributed by atoms with E-state index < -0.39 is 24.0 Å². The highest BCUT2D eigenvalue weighted by molar-refractivity contribution is 5.86. The van der Waals surface area contributed by atoms with E-state index in [1.165, 1.54) is 0 Å². The van der Waals surface area contributed by atoms with Crippen LogP contribution in [0.2, 0.25) is 0 Å². The van der Waals surface area contributed by atoms with Gasteiger partial charge in [-0.2, -0.15) is 0 Å². The van der Waals surface area contributed by atoms with Crippen molar-refractivity contribution in [3.05, 3.63) is 0 Å². The summed E-state index contributed by atoms with van der Waals surface area (Å²) in [6, 6.07) is -1.49. The molecule has 2 atom stereocenters. The van der Waals surface area contributed by atoms with Gasteiger partial charge in [0.25, 0.3) is 0 Å². The van der Waals surface area contributed by atoms with Crippen LogP contribution in [-0.4, -0.2) is 29.1 Å². The van der Waals surface area contributed by atoms with Crippen molar-refractivity contribution in [1.29, 1.82) is 0 Å². The van der Waals surface area contributed by atoms with E-state index in [1.54, 1.807) is 20.8 Å². The topological polar surface area (TPSA) is 92.4 Å². The van der Waals surface area contributed by atoms with Gasteiger partial charge in [0.15, 0.2) is 0 Å². The number of aliphatic carboxylic acids is 1. The zero-order valence-electron chi connectivity index (χ0n) is 8.78. The number of hydrogen-bond acceptors (Lipinski definition) is 3. The smallest absolute Gasteiger partial charge is 0.326 e. The summed E-state index contributed by atoms with van der Waals surface area (Å²) in [5.41, 5.74) is 5.46. The molecule has 14 heavy (non-hydrogen) atoms. The Kier molecular flexibility index (Phi) is 5.15. The van der Waals surface area contributed by atoms with E-state index >= 15 is 0 Å². The van der Waals surface area contributed by atoms with Crippen molar-refractivity contribution in [2.45, 2.75) is 39.3 Å². The van der Waals surface area contributed by atoms with Gasteiger partial charge in [0, 0.05) is 0 Å². The van der Waals surface area contributed by atoms with Crippen LogP contribution in [0, 0.1) is 5.92 Å². The molecule has 0 saturated carbocycles. The summed E-state index contributed by atoms with van der Waals surface area (Å²) in [6.45, 7) is 5.24. The van der Waals surface area contributed by atoms with Gasteiger partial charge in [-0.1, -0.05) is 20.8 Å². The highest BCUT2D eigenvalue weighted by atomic mass is 16.4. The molecule has 0 aromatic heterocycles. The highest BCUT2D eigenvalue weighted by Crippen LogP contribution is 2.02. The number of carbonyl (C=O) groups excluding carboxylic acids is 1. The zero-order valence-corrected chi connectivity index (χ0v) is 8.78. The first-order valence-corrected chi connectivity index (χ1v) is 4.68. The highest BCUT2D eigenvalue weighted by Gasteiger charge is 2.25. The maximum atomic E-state index is 11.3. The van der Waals surface area contributed by atoms with E-state index in [0.29, 0.717) is 6.42 Å². The molecule has 0 aliphatic carbocycles. The standard InChI is InChI=1S/C9H18N2O3/c1-4-6(10)8(12)11-7(5(2)3)9(13)14/h5-7H,4,10H2,1-3H3,(H,11,12)(H,13,14)/t6-,7-/m0/s1. The Balaban J connectivity index is 4.31. The first-order valence-electron chi connectivity index (χ1n) is 4.68. The average Bonchev–Trinajstić information content (AvgIpc) is 2.11. The zero-order chi connectivity index (χ0) is 11.3. The lowest BCUT2D eigenvalue weighted by molar-refractivity contribution is -0.143. The van der Waals surface area contributed by atoms with Crippen LogP contribution in [-0.2, 0) is 9.59 Å². The third kappa shape index (κ3) is 3.74. The van der Waals surface area contributed by atoms with Crippen molar-refractivity contribution < 1.29 is 14.7 Å². The minimum Gasteiger partial charge on any atom is -0.480 e. The molecule has 0 aliphatic heterocycles. The van der Waals surface area contributed by atoms with Crippen LogP contribution in [0.5, 0.6) is 0 Å². The summed E-state index contributed by atoms with van der Waals surface area (Å²) >= 11 is 0. The van der Waals surface area contributed by atoms with Crippen molar-refractivity contribution >= 4 is 11.9 Å². The Bertz CT molecular complexity index is 216. The van der Waals surface area contributed by atoms with Gasteiger partial charge in [-0.3, -0.25) is 4.79 Å². The number of hydrogen-bond donors (Lipinski definition) is 3. The minimum atomic E-state index is -1.03. The lowest BCUT2D eigenvalue weighted by Gasteiger charge is -2.19. The molecule has 0 radical (unpaired) electrons. The van der Waals surface area contributed by atoms with Crippen molar-refractivity contribution in [2.24, 2.45) is 11.7 Å². The van der Waals surface area contributed by atoms with Gasteiger partial charge >= 0.3 is 5.97 Å². The van der Waals surface area contributed by atoms with Crippen LogP contribution >= 0.6 is 0 Å². The van der Waals surface area contributed by atoms with Crippen molar-refractivity contribution in [3.63, 3.8) is 0 Å². The molecule has 5 heteroatoms. The maximum Gasteiger partial charge on any atom is 0.326 e. The van der Waals surface area contributed by atoms with E-state index in [0.717, 1.165) is 0 Å². The first kappa shape index (κ1) is 12.9. The third-order valence-corrected chi connectivity index (χ3v) is 2.01. The molecule has 0 spiro atoms. The molecule has 82 valence electrons. The second-order valence-electron chi connectivity index (χ2n) is 3.58. The number of nitrogens with two attached hydrogens (primary N) is 1. The van der Waals surface area contributed by atoms with Crippen LogP contribution in [0.4, 0.5) is 0 Å². The van der Waals surface area contributed by atoms with Crippen molar-refractivity contribution in [3.8, 4) is 0 Å². The lowest BCUT2D eigenvalue weighted by Crippen LogP contribution is -2.50. The maximum absolute atomic E-state index is 11.3. The molecule has 0 rings (SSSR count). The van der Waals surface area contributed by atoms with E-state index in [-0.39, 0.29) is 5.92 Å². The number of carboxylic acids is 1. The Morgan fingerprint density at radius 2 is 1.93 bits per heavy atom. The van der Waals surface area contributed by atoms with E-state index in [2.05, 4.69) is 5.32 Å². The molecule has 1 amide bonds. The SMILES string of the molecule is CC[C@H](N)C(=O)N[C@H](C(=O)O)C(C)C. The van der Waals surface area contributed by atoms with Gasteiger partial charge in [-0.25, -0.2) is 4.79 Å². The summed E-state index contributed by atoms with van der Waals surface area (Å²) in [7, 11) is 0. The van der Waals surface area contributed by atoms with Crippen molar-refractivity contribution in [2.75, 3.05) is 0 Å². The van der Waals surface area contributed by atoms with Gasteiger partial charge in [-0.05, 0) is 12.3 Å². The van der Waals surface area contributed by atoms with E-state index in [9.17, 15) is 9.59 Å². The molecule has 0 fully saturated rings. The van der Waals surface area contributed by atoms with Gasteiger partial charge in [0.1, 0.15) is 6.04 Å². The van der Waals surface area contributed by atoms with Gasteiger partial charge in [0.2, 0.25) is 5.91 Å². The number of carboxylic acid groups (broad SMARTS) is 1. The second kappa shape index (κ2) is 5.59.